The molecule has 7 nitrogen and oxygen atoms in total. The van der Waals surface area contributed by atoms with E-state index < -0.39 is 18.1 Å². The van der Waals surface area contributed by atoms with Crippen LogP contribution in [0.1, 0.15) is 42.5 Å². The van der Waals surface area contributed by atoms with Gasteiger partial charge in [-0.1, -0.05) is 48.5 Å². The van der Waals surface area contributed by atoms with Gasteiger partial charge in [-0.05, 0) is 36.1 Å². The normalized spacial score (nSPS) is 13.4. The van der Waals surface area contributed by atoms with Crippen molar-refractivity contribution in [1.82, 2.24) is 14.7 Å². The molecule has 0 saturated heterocycles. The van der Waals surface area contributed by atoms with Crippen molar-refractivity contribution in [3.8, 4) is 11.1 Å². The average molecular weight is 419 g/mol. The topological polar surface area (TPSA) is 84.7 Å². The maximum Gasteiger partial charge on any atom is 0.410 e. The third kappa shape index (κ3) is 3.79. The van der Waals surface area contributed by atoms with Crippen LogP contribution in [0.2, 0.25) is 0 Å². The summed E-state index contributed by atoms with van der Waals surface area (Å²) in [4.78, 5) is 26.2. The second-order valence-corrected chi connectivity index (χ2v) is 7.46. The largest absolute Gasteiger partial charge is 0.479 e. The number of aliphatic carboxylic acids is 1. The van der Waals surface area contributed by atoms with Crippen LogP contribution in [-0.2, 0) is 16.1 Å². The van der Waals surface area contributed by atoms with E-state index in [1.54, 1.807) is 17.8 Å². The van der Waals surface area contributed by atoms with Gasteiger partial charge in [-0.25, -0.2) is 9.59 Å². The quantitative estimate of drug-likeness (QED) is 0.617. The molecular weight excluding hydrogens is 394 g/mol. The number of amides is 1. The van der Waals surface area contributed by atoms with Crippen LogP contribution in [0, 0.1) is 0 Å². The molecule has 2 aromatic carbocycles. The third-order valence-corrected chi connectivity index (χ3v) is 5.75. The Kier molecular flexibility index (Phi) is 5.75. The lowest BCUT2D eigenvalue weighted by Crippen LogP contribution is -2.39. The first-order valence-corrected chi connectivity index (χ1v) is 10.4. The van der Waals surface area contributed by atoms with E-state index >= 15 is 0 Å². The van der Waals surface area contributed by atoms with E-state index in [1.165, 1.54) is 11.1 Å². The molecule has 1 unspecified atom stereocenters. The van der Waals surface area contributed by atoms with Crippen molar-refractivity contribution in [3.05, 3.63) is 77.6 Å². The SMILES string of the molecule is CCN(C(=O)OCC1c2ccccc2-c2ccccc21)C(C(=O)O)c1cnn(CC)c1. The molecule has 1 heterocycles. The van der Waals surface area contributed by atoms with Crippen LogP contribution in [-0.4, -0.2) is 45.0 Å². The van der Waals surface area contributed by atoms with Crippen LogP contribution in [0.5, 0.6) is 0 Å². The lowest BCUT2D eigenvalue weighted by atomic mass is 9.98. The number of nitrogens with zero attached hydrogens (tertiary/aromatic N) is 3. The summed E-state index contributed by atoms with van der Waals surface area (Å²) < 4.78 is 7.31. The second kappa shape index (κ2) is 8.63. The van der Waals surface area contributed by atoms with Crippen LogP contribution in [0.3, 0.4) is 0 Å². The molecule has 7 heteroatoms. The van der Waals surface area contributed by atoms with E-state index in [0.717, 1.165) is 22.3 Å². The first-order chi connectivity index (χ1) is 15.0. The van der Waals surface area contributed by atoms with Gasteiger partial charge in [0.15, 0.2) is 6.04 Å². The first-order valence-electron chi connectivity index (χ1n) is 10.4. The number of hydrogen-bond donors (Lipinski definition) is 1. The minimum absolute atomic E-state index is 0.0822. The highest BCUT2D eigenvalue weighted by Gasteiger charge is 2.34. The Morgan fingerprint density at radius 2 is 1.71 bits per heavy atom. The maximum absolute atomic E-state index is 13.0. The summed E-state index contributed by atoms with van der Waals surface area (Å²) in [5.74, 6) is -1.20. The van der Waals surface area contributed by atoms with Gasteiger partial charge in [0.1, 0.15) is 6.61 Å². The second-order valence-electron chi connectivity index (χ2n) is 7.46. The number of ether oxygens (including phenoxy) is 1. The molecule has 1 aliphatic carbocycles. The van der Waals surface area contributed by atoms with Crippen LogP contribution in [0.25, 0.3) is 11.1 Å². The molecule has 1 amide bonds. The Morgan fingerprint density at radius 3 is 2.23 bits per heavy atom. The number of rotatable bonds is 7. The summed E-state index contributed by atoms with van der Waals surface area (Å²) in [7, 11) is 0. The molecule has 0 radical (unpaired) electrons. The van der Waals surface area contributed by atoms with Gasteiger partial charge in [-0.3, -0.25) is 9.58 Å². The van der Waals surface area contributed by atoms with Gasteiger partial charge in [0.05, 0.1) is 6.20 Å². The molecule has 1 N–H and O–H groups in total. The number of benzene rings is 2. The molecule has 4 rings (SSSR count). The highest BCUT2D eigenvalue weighted by Crippen LogP contribution is 2.44. The molecule has 0 aliphatic heterocycles. The molecule has 0 fully saturated rings. The minimum Gasteiger partial charge on any atom is -0.479 e. The van der Waals surface area contributed by atoms with E-state index in [4.69, 9.17) is 4.74 Å². The predicted octanol–water partition coefficient (Wildman–Crippen LogP) is 4.30. The number of aromatic nitrogens is 2. The molecular formula is C24H25N3O4. The van der Waals surface area contributed by atoms with E-state index in [9.17, 15) is 14.7 Å². The highest BCUT2D eigenvalue weighted by molar-refractivity contribution is 5.82. The van der Waals surface area contributed by atoms with Gasteiger partial charge in [0.2, 0.25) is 0 Å². The number of carbonyl (C=O) groups is 2. The molecule has 0 saturated carbocycles. The zero-order valence-corrected chi connectivity index (χ0v) is 17.6. The van der Waals surface area contributed by atoms with Gasteiger partial charge in [-0.15, -0.1) is 0 Å². The van der Waals surface area contributed by atoms with Crippen molar-refractivity contribution in [2.75, 3.05) is 13.2 Å². The average Bonchev–Trinajstić information content (AvgIpc) is 3.38. The van der Waals surface area contributed by atoms with Crippen LogP contribution in [0.4, 0.5) is 4.79 Å². The Hall–Kier alpha value is -3.61. The highest BCUT2D eigenvalue weighted by atomic mass is 16.6. The van der Waals surface area contributed by atoms with Gasteiger partial charge in [-0.2, -0.15) is 5.10 Å². The van der Waals surface area contributed by atoms with Crippen molar-refractivity contribution < 1.29 is 19.4 Å². The van der Waals surface area contributed by atoms with Crippen molar-refractivity contribution in [1.29, 1.82) is 0 Å². The Morgan fingerprint density at radius 1 is 1.10 bits per heavy atom. The monoisotopic (exact) mass is 419 g/mol. The summed E-state index contributed by atoms with van der Waals surface area (Å²) in [6.45, 7) is 4.61. The number of hydrogen-bond acceptors (Lipinski definition) is 4. The fourth-order valence-electron chi connectivity index (χ4n) is 4.24. The Balaban J connectivity index is 1.55. The van der Waals surface area contributed by atoms with Crippen molar-refractivity contribution in [2.24, 2.45) is 0 Å². The van der Waals surface area contributed by atoms with Crippen molar-refractivity contribution >= 4 is 12.1 Å². The maximum atomic E-state index is 13.0. The number of likely N-dealkylation sites (N-methyl/N-ethyl adjacent to an activating group) is 1. The zero-order chi connectivity index (χ0) is 22.0. The lowest BCUT2D eigenvalue weighted by molar-refractivity contribution is -0.143. The van der Waals surface area contributed by atoms with Crippen LogP contribution < -0.4 is 0 Å². The number of aryl methyl sites for hydroxylation is 1. The Labute approximate surface area is 180 Å². The molecule has 0 bridgehead atoms. The summed E-state index contributed by atoms with van der Waals surface area (Å²) in [5.41, 5.74) is 4.95. The summed E-state index contributed by atoms with van der Waals surface area (Å²) in [6, 6.07) is 15.0. The molecule has 1 aliphatic rings. The molecule has 1 atom stereocenters. The predicted molar refractivity (Wildman–Crippen MR) is 116 cm³/mol. The Bertz CT molecular complexity index is 1060. The van der Waals surface area contributed by atoms with Gasteiger partial charge < -0.3 is 9.84 Å². The fraction of sp³-hybridized carbons (Fsp3) is 0.292. The number of carboxylic acids is 1. The summed E-state index contributed by atoms with van der Waals surface area (Å²) >= 11 is 0. The van der Waals surface area contributed by atoms with Gasteiger partial charge in [0, 0.05) is 30.8 Å². The number of carboxylic acid groups (broad SMARTS) is 1. The van der Waals surface area contributed by atoms with Crippen molar-refractivity contribution in [2.45, 2.75) is 32.4 Å². The molecule has 0 spiro atoms. The van der Waals surface area contributed by atoms with Gasteiger partial charge in [0.25, 0.3) is 0 Å². The third-order valence-electron chi connectivity index (χ3n) is 5.75. The number of carbonyl (C=O) groups excluding carboxylic acids is 1. The smallest absolute Gasteiger partial charge is 0.410 e. The molecule has 31 heavy (non-hydrogen) atoms. The molecule has 3 aromatic rings. The zero-order valence-electron chi connectivity index (χ0n) is 17.6. The van der Waals surface area contributed by atoms with E-state index in [2.05, 4.69) is 17.2 Å². The van der Waals surface area contributed by atoms with E-state index in [-0.39, 0.29) is 19.1 Å². The summed E-state index contributed by atoms with van der Waals surface area (Å²) in [6.07, 6.45) is 2.49. The lowest BCUT2D eigenvalue weighted by Gasteiger charge is -2.27. The van der Waals surface area contributed by atoms with E-state index in [1.807, 2.05) is 43.3 Å². The number of fused-ring (bicyclic) bond motifs is 3. The summed E-state index contributed by atoms with van der Waals surface area (Å²) in [5, 5.41) is 14.0. The van der Waals surface area contributed by atoms with Crippen LogP contribution in [0.15, 0.2) is 60.9 Å². The molecule has 1 aromatic heterocycles. The fourth-order valence-corrected chi connectivity index (χ4v) is 4.24. The van der Waals surface area contributed by atoms with Gasteiger partial charge >= 0.3 is 12.1 Å². The van der Waals surface area contributed by atoms with E-state index in [0.29, 0.717) is 12.1 Å². The first kappa shape index (κ1) is 20.7. The molecule has 160 valence electrons. The van der Waals surface area contributed by atoms with Crippen LogP contribution >= 0.6 is 0 Å². The minimum atomic E-state index is -1.15. The van der Waals surface area contributed by atoms with Crippen molar-refractivity contribution in [3.63, 3.8) is 0 Å². The standard InChI is InChI=1S/C24H25N3O4/c1-3-26-14-16(13-25-26)22(23(28)29)27(4-2)24(30)31-15-21-19-11-7-5-9-17(19)18-10-6-8-12-20(18)21/h5-14,21-22H,3-4,15H2,1-2H3,(H,28,29).